The van der Waals surface area contributed by atoms with Crippen LogP contribution in [0.4, 0.5) is 13.2 Å². The topological polar surface area (TPSA) is 26.0 Å². The average molecular weight is 257 g/mol. The number of rotatable bonds is 2. The van der Waals surface area contributed by atoms with E-state index < -0.39 is 11.5 Å². The molecule has 2 N–H and O–H groups in total. The van der Waals surface area contributed by atoms with Crippen molar-refractivity contribution < 1.29 is 13.2 Å². The van der Waals surface area contributed by atoms with E-state index in [9.17, 15) is 13.2 Å². The molecule has 1 aliphatic carbocycles. The number of alkyl halides is 2. The molecule has 100 valence electrons. The monoisotopic (exact) mass is 257 g/mol. The van der Waals surface area contributed by atoms with Gasteiger partial charge in [-0.25, -0.2) is 13.2 Å². The third-order valence-electron chi connectivity index (χ3n) is 4.14. The molecule has 0 heterocycles. The first-order valence-electron chi connectivity index (χ1n) is 6.25. The van der Waals surface area contributed by atoms with Crippen molar-refractivity contribution in [1.82, 2.24) is 0 Å². The van der Waals surface area contributed by atoms with E-state index in [0.717, 1.165) is 5.56 Å². The van der Waals surface area contributed by atoms with Gasteiger partial charge in [0.15, 0.2) is 0 Å². The maximum Gasteiger partial charge on any atom is 0.248 e. The van der Waals surface area contributed by atoms with Crippen LogP contribution in [0.2, 0.25) is 0 Å². The summed E-state index contributed by atoms with van der Waals surface area (Å²) < 4.78 is 39.2. The molecule has 1 aliphatic rings. The molecule has 1 fully saturated rings. The molecule has 1 unspecified atom stereocenters. The van der Waals surface area contributed by atoms with Crippen LogP contribution in [0.3, 0.4) is 0 Å². The Labute approximate surface area is 105 Å². The summed E-state index contributed by atoms with van der Waals surface area (Å²) in [5.74, 6) is -2.92. The van der Waals surface area contributed by atoms with Crippen molar-refractivity contribution in [3.8, 4) is 0 Å². The minimum atomic E-state index is -2.58. The molecule has 0 aromatic heterocycles. The van der Waals surface area contributed by atoms with Crippen LogP contribution in [0.15, 0.2) is 24.3 Å². The minimum Gasteiger partial charge on any atom is -0.325 e. The molecule has 0 spiro atoms. The second kappa shape index (κ2) is 4.57. The lowest BCUT2D eigenvalue weighted by Gasteiger charge is -2.41. The summed E-state index contributed by atoms with van der Waals surface area (Å²) in [6.45, 7) is 1.93. The number of halogens is 3. The lowest BCUT2D eigenvalue weighted by molar-refractivity contribution is -0.0533. The van der Waals surface area contributed by atoms with E-state index in [2.05, 4.69) is 0 Å². The van der Waals surface area contributed by atoms with Gasteiger partial charge in [0, 0.05) is 18.4 Å². The second-order valence-electron chi connectivity index (χ2n) is 5.36. The van der Waals surface area contributed by atoms with Crippen molar-refractivity contribution in [2.75, 3.05) is 0 Å². The van der Waals surface area contributed by atoms with Crippen molar-refractivity contribution in [2.24, 2.45) is 5.73 Å². The molecule has 18 heavy (non-hydrogen) atoms. The van der Waals surface area contributed by atoms with Gasteiger partial charge in [-0.3, -0.25) is 0 Å². The van der Waals surface area contributed by atoms with Crippen molar-refractivity contribution in [3.63, 3.8) is 0 Å². The molecule has 1 saturated carbocycles. The summed E-state index contributed by atoms with van der Waals surface area (Å²) in [5, 5.41) is 0. The van der Waals surface area contributed by atoms with Crippen LogP contribution in [0.25, 0.3) is 0 Å². The summed E-state index contributed by atoms with van der Waals surface area (Å²) in [6.07, 6.45) is 0.293. The van der Waals surface area contributed by atoms with E-state index in [1.54, 1.807) is 12.1 Å². The van der Waals surface area contributed by atoms with Crippen LogP contribution in [-0.4, -0.2) is 11.5 Å². The summed E-state index contributed by atoms with van der Waals surface area (Å²) in [5.41, 5.74) is 6.56. The van der Waals surface area contributed by atoms with E-state index in [1.165, 1.54) is 12.1 Å². The molecule has 1 aromatic carbocycles. The van der Waals surface area contributed by atoms with Gasteiger partial charge in [0.05, 0.1) is 0 Å². The van der Waals surface area contributed by atoms with Crippen molar-refractivity contribution in [2.45, 2.75) is 50.0 Å². The Morgan fingerprint density at radius 2 is 1.56 bits per heavy atom. The van der Waals surface area contributed by atoms with Gasteiger partial charge >= 0.3 is 0 Å². The molecule has 0 amide bonds. The maximum absolute atomic E-state index is 13.2. The van der Waals surface area contributed by atoms with Gasteiger partial charge in [-0.15, -0.1) is 0 Å². The lowest BCUT2D eigenvalue weighted by Crippen LogP contribution is -2.49. The first-order chi connectivity index (χ1) is 8.32. The highest BCUT2D eigenvalue weighted by Gasteiger charge is 2.44. The molecular weight excluding hydrogens is 239 g/mol. The predicted octanol–water partition coefficient (Wildman–Crippen LogP) is 3.84. The van der Waals surface area contributed by atoms with Crippen molar-refractivity contribution >= 4 is 0 Å². The highest BCUT2D eigenvalue weighted by Crippen LogP contribution is 2.43. The molecule has 1 nitrogen and oxygen atoms in total. The van der Waals surface area contributed by atoms with Crippen LogP contribution in [0.1, 0.15) is 44.1 Å². The van der Waals surface area contributed by atoms with Gasteiger partial charge < -0.3 is 5.73 Å². The summed E-state index contributed by atoms with van der Waals surface area (Å²) >= 11 is 0. The fraction of sp³-hybridized carbons (Fsp3) is 0.571. The molecule has 4 heteroatoms. The zero-order valence-electron chi connectivity index (χ0n) is 10.4. The smallest absolute Gasteiger partial charge is 0.248 e. The van der Waals surface area contributed by atoms with Crippen LogP contribution >= 0.6 is 0 Å². The normalized spacial score (nSPS) is 23.6. The van der Waals surface area contributed by atoms with E-state index in [4.69, 9.17) is 5.73 Å². The van der Waals surface area contributed by atoms with Gasteiger partial charge in [0.2, 0.25) is 5.92 Å². The standard InChI is InChI=1S/C14H18F3N/c1-10(11-2-4-12(15)5-3-11)13(18)6-8-14(16,17)9-7-13/h2-5,10H,6-9,18H2,1H3. The lowest BCUT2D eigenvalue weighted by atomic mass is 9.71. The highest BCUT2D eigenvalue weighted by molar-refractivity contribution is 5.24. The Hall–Kier alpha value is -1.03. The molecule has 0 bridgehead atoms. The SMILES string of the molecule is CC(c1ccc(F)cc1)C1(N)CCC(F)(F)CC1. The Morgan fingerprint density at radius 3 is 2.06 bits per heavy atom. The fourth-order valence-corrected chi connectivity index (χ4v) is 2.60. The molecule has 0 saturated heterocycles. The number of hydrogen-bond donors (Lipinski definition) is 1. The summed E-state index contributed by atoms with van der Waals surface area (Å²) in [7, 11) is 0. The molecule has 2 rings (SSSR count). The molecule has 0 radical (unpaired) electrons. The van der Waals surface area contributed by atoms with Gasteiger partial charge in [0.1, 0.15) is 5.82 Å². The number of benzene rings is 1. The summed E-state index contributed by atoms with van der Waals surface area (Å²) in [4.78, 5) is 0. The Bertz CT molecular complexity index is 404. The maximum atomic E-state index is 13.2. The molecule has 0 aliphatic heterocycles. The molecule has 1 atom stereocenters. The number of hydrogen-bond acceptors (Lipinski definition) is 1. The van der Waals surface area contributed by atoms with E-state index >= 15 is 0 Å². The van der Waals surface area contributed by atoms with Gasteiger partial charge in [0.25, 0.3) is 0 Å². The van der Waals surface area contributed by atoms with Gasteiger partial charge in [-0.2, -0.15) is 0 Å². The highest BCUT2D eigenvalue weighted by atomic mass is 19.3. The minimum absolute atomic E-state index is 0.0470. The third-order valence-corrected chi connectivity index (χ3v) is 4.14. The van der Waals surface area contributed by atoms with Crippen molar-refractivity contribution in [1.29, 1.82) is 0 Å². The first-order valence-corrected chi connectivity index (χ1v) is 6.25. The zero-order chi connectivity index (χ0) is 13.4. The van der Waals surface area contributed by atoms with Crippen molar-refractivity contribution in [3.05, 3.63) is 35.6 Å². The Kier molecular flexibility index (Phi) is 3.41. The van der Waals surface area contributed by atoms with E-state index in [-0.39, 0.29) is 24.6 Å². The second-order valence-corrected chi connectivity index (χ2v) is 5.36. The first kappa shape index (κ1) is 13.4. The largest absolute Gasteiger partial charge is 0.325 e. The molecular formula is C14H18F3N. The quantitative estimate of drug-likeness (QED) is 0.856. The van der Waals surface area contributed by atoms with Crippen LogP contribution in [0, 0.1) is 5.82 Å². The van der Waals surface area contributed by atoms with E-state index in [1.807, 2.05) is 6.92 Å². The number of nitrogens with two attached hydrogens (primary N) is 1. The zero-order valence-corrected chi connectivity index (χ0v) is 10.4. The van der Waals surface area contributed by atoms with Crippen LogP contribution < -0.4 is 5.73 Å². The van der Waals surface area contributed by atoms with Gasteiger partial charge in [-0.05, 0) is 36.5 Å². The van der Waals surface area contributed by atoms with Crippen LogP contribution in [-0.2, 0) is 0 Å². The van der Waals surface area contributed by atoms with Gasteiger partial charge in [-0.1, -0.05) is 19.1 Å². The Morgan fingerprint density at radius 1 is 1.06 bits per heavy atom. The van der Waals surface area contributed by atoms with Crippen LogP contribution in [0.5, 0.6) is 0 Å². The average Bonchev–Trinajstić information content (AvgIpc) is 2.34. The Balaban J connectivity index is 2.13. The summed E-state index contributed by atoms with van der Waals surface area (Å²) in [6, 6.07) is 6.13. The fourth-order valence-electron chi connectivity index (χ4n) is 2.60. The predicted molar refractivity (Wildman–Crippen MR) is 65.1 cm³/mol. The third kappa shape index (κ3) is 2.69. The van der Waals surface area contributed by atoms with E-state index in [0.29, 0.717) is 12.8 Å². The molecule has 1 aromatic rings.